The van der Waals surface area contributed by atoms with Crippen molar-refractivity contribution < 1.29 is 13.2 Å². The third kappa shape index (κ3) is 3.16. The molecule has 0 radical (unpaired) electrons. The Morgan fingerprint density at radius 1 is 1.00 bits per heavy atom. The van der Waals surface area contributed by atoms with Crippen molar-refractivity contribution in [1.29, 1.82) is 0 Å². The molecule has 1 aliphatic carbocycles. The van der Waals surface area contributed by atoms with Crippen molar-refractivity contribution in [3.8, 4) is 0 Å². The summed E-state index contributed by atoms with van der Waals surface area (Å²) in [7, 11) is -3.22. The molecule has 1 aromatic rings. The minimum atomic E-state index is -3.22. The summed E-state index contributed by atoms with van der Waals surface area (Å²) in [6.45, 7) is 1.33. The number of fused-ring (bicyclic) bond motifs is 1. The van der Waals surface area contributed by atoms with Crippen molar-refractivity contribution >= 4 is 21.6 Å². The molecular formula is C19H26N2O3S. The Morgan fingerprint density at radius 2 is 1.80 bits per heavy atom. The minimum absolute atomic E-state index is 0.0649. The Labute approximate surface area is 150 Å². The highest BCUT2D eigenvalue weighted by Crippen LogP contribution is 2.36. The topological polar surface area (TPSA) is 57.7 Å². The fraction of sp³-hybridized carbons (Fsp3) is 0.632. The van der Waals surface area contributed by atoms with Gasteiger partial charge in [0.1, 0.15) is 0 Å². The van der Waals surface area contributed by atoms with Gasteiger partial charge in [-0.3, -0.25) is 9.10 Å². The fourth-order valence-electron chi connectivity index (χ4n) is 4.77. The van der Waals surface area contributed by atoms with Gasteiger partial charge >= 0.3 is 0 Å². The second-order valence-electron chi connectivity index (χ2n) is 7.54. The molecule has 1 saturated carbocycles. The number of hydrogen-bond donors (Lipinski definition) is 0. The molecule has 2 aliphatic heterocycles. The molecule has 0 spiro atoms. The largest absolute Gasteiger partial charge is 0.335 e. The Kier molecular flexibility index (Phi) is 4.48. The zero-order valence-corrected chi connectivity index (χ0v) is 15.4. The summed E-state index contributed by atoms with van der Waals surface area (Å²) in [4.78, 5) is 15.2. The van der Waals surface area contributed by atoms with E-state index in [4.69, 9.17) is 0 Å². The lowest BCUT2D eigenvalue weighted by molar-refractivity contribution is 0.0390. The Bertz CT molecular complexity index is 760. The van der Waals surface area contributed by atoms with E-state index >= 15 is 0 Å². The van der Waals surface area contributed by atoms with Crippen LogP contribution in [-0.4, -0.2) is 44.1 Å². The number of amides is 1. The Hall–Kier alpha value is -1.56. The quantitative estimate of drug-likeness (QED) is 0.812. The summed E-state index contributed by atoms with van der Waals surface area (Å²) < 4.78 is 25.8. The standard InChI is InChI=1S/C19H26N2O3S/c22-19(20-11-4-8-15-6-1-2-10-18(15)20)16-7-3-9-17(14-16)21-12-5-13-25(21,23)24/h3,7,9,14-15,18H,1-2,4-6,8,10-13H2. The van der Waals surface area contributed by atoms with E-state index in [2.05, 4.69) is 4.90 Å². The van der Waals surface area contributed by atoms with Gasteiger partial charge in [0, 0.05) is 24.7 Å². The van der Waals surface area contributed by atoms with Gasteiger partial charge in [0.25, 0.3) is 5.91 Å². The van der Waals surface area contributed by atoms with Gasteiger partial charge in [-0.2, -0.15) is 0 Å². The summed E-state index contributed by atoms with van der Waals surface area (Å²) in [5.41, 5.74) is 1.24. The molecule has 2 saturated heterocycles. The van der Waals surface area contributed by atoms with Gasteiger partial charge in [-0.25, -0.2) is 8.42 Å². The highest BCUT2D eigenvalue weighted by molar-refractivity contribution is 7.93. The van der Waals surface area contributed by atoms with Gasteiger partial charge in [-0.05, 0) is 56.2 Å². The Morgan fingerprint density at radius 3 is 2.60 bits per heavy atom. The smallest absolute Gasteiger partial charge is 0.254 e. The molecule has 6 heteroatoms. The van der Waals surface area contributed by atoms with E-state index in [1.165, 1.54) is 30.0 Å². The third-order valence-corrected chi connectivity index (χ3v) is 7.85. The molecule has 2 atom stereocenters. The first-order valence-electron chi connectivity index (χ1n) is 9.48. The maximum atomic E-state index is 13.1. The number of carbonyl (C=O) groups excluding carboxylic acids is 1. The zero-order valence-electron chi connectivity index (χ0n) is 14.6. The van der Waals surface area contributed by atoms with E-state index in [-0.39, 0.29) is 11.7 Å². The first kappa shape index (κ1) is 16.9. The highest BCUT2D eigenvalue weighted by Gasteiger charge is 2.36. The molecule has 2 heterocycles. The van der Waals surface area contributed by atoms with Gasteiger partial charge in [0.05, 0.1) is 11.4 Å². The van der Waals surface area contributed by atoms with E-state index in [1.807, 2.05) is 6.07 Å². The molecule has 1 amide bonds. The SMILES string of the molecule is O=C(c1cccc(N2CCCS2(=O)=O)c1)N1CCCC2CCCCC21. The first-order chi connectivity index (χ1) is 12.1. The number of sulfonamides is 1. The van der Waals surface area contributed by atoms with Gasteiger partial charge in [0.2, 0.25) is 10.0 Å². The van der Waals surface area contributed by atoms with Crippen LogP contribution in [0.3, 0.4) is 0 Å². The molecule has 25 heavy (non-hydrogen) atoms. The van der Waals surface area contributed by atoms with E-state index in [1.54, 1.807) is 18.2 Å². The van der Waals surface area contributed by atoms with Crippen molar-refractivity contribution in [2.75, 3.05) is 23.1 Å². The maximum absolute atomic E-state index is 13.1. The zero-order chi connectivity index (χ0) is 17.4. The maximum Gasteiger partial charge on any atom is 0.254 e. The third-order valence-electron chi connectivity index (χ3n) is 5.98. The van der Waals surface area contributed by atoms with E-state index in [9.17, 15) is 13.2 Å². The predicted octanol–water partition coefficient (Wildman–Crippen LogP) is 3.02. The normalized spacial score (nSPS) is 28.6. The molecule has 3 aliphatic rings. The van der Waals surface area contributed by atoms with Crippen molar-refractivity contribution in [2.45, 2.75) is 51.0 Å². The average Bonchev–Trinajstić information content (AvgIpc) is 3.00. The van der Waals surface area contributed by atoms with Crippen LogP contribution in [0.25, 0.3) is 0 Å². The highest BCUT2D eigenvalue weighted by atomic mass is 32.2. The van der Waals surface area contributed by atoms with Gasteiger partial charge in [0.15, 0.2) is 0 Å². The van der Waals surface area contributed by atoms with E-state index in [0.29, 0.717) is 36.2 Å². The first-order valence-corrected chi connectivity index (χ1v) is 11.1. The van der Waals surface area contributed by atoms with Crippen LogP contribution < -0.4 is 4.31 Å². The summed E-state index contributed by atoms with van der Waals surface area (Å²) in [5.74, 6) is 0.907. The van der Waals surface area contributed by atoms with Crippen molar-refractivity contribution in [1.82, 2.24) is 4.90 Å². The number of anilines is 1. The number of hydrogen-bond acceptors (Lipinski definition) is 3. The van der Waals surface area contributed by atoms with Crippen LogP contribution >= 0.6 is 0 Å². The van der Waals surface area contributed by atoms with Crippen LogP contribution in [0, 0.1) is 5.92 Å². The summed E-state index contributed by atoms with van der Waals surface area (Å²) in [6, 6.07) is 7.55. The number of piperidine rings is 1. The molecule has 136 valence electrons. The van der Waals surface area contributed by atoms with Gasteiger partial charge < -0.3 is 4.90 Å². The predicted molar refractivity (Wildman–Crippen MR) is 98.2 cm³/mol. The molecule has 5 nitrogen and oxygen atoms in total. The van der Waals surface area contributed by atoms with Crippen LogP contribution in [0.1, 0.15) is 55.3 Å². The van der Waals surface area contributed by atoms with E-state index in [0.717, 1.165) is 19.4 Å². The molecule has 2 unspecified atom stereocenters. The minimum Gasteiger partial charge on any atom is -0.335 e. The lowest BCUT2D eigenvalue weighted by atomic mass is 9.78. The van der Waals surface area contributed by atoms with Crippen molar-refractivity contribution in [3.63, 3.8) is 0 Å². The van der Waals surface area contributed by atoms with Crippen molar-refractivity contribution in [2.24, 2.45) is 5.92 Å². The summed E-state index contributed by atoms with van der Waals surface area (Å²) in [6.07, 6.45) is 7.80. The van der Waals surface area contributed by atoms with Crippen LogP contribution in [-0.2, 0) is 10.0 Å². The van der Waals surface area contributed by atoms with Crippen LogP contribution in [0.15, 0.2) is 24.3 Å². The molecular weight excluding hydrogens is 336 g/mol. The van der Waals surface area contributed by atoms with Crippen LogP contribution in [0.2, 0.25) is 0 Å². The van der Waals surface area contributed by atoms with Crippen LogP contribution in [0.5, 0.6) is 0 Å². The lowest BCUT2D eigenvalue weighted by Gasteiger charge is -2.44. The average molecular weight is 362 g/mol. The van der Waals surface area contributed by atoms with E-state index < -0.39 is 10.0 Å². The fourth-order valence-corrected chi connectivity index (χ4v) is 6.32. The number of benzene rings is 1. The Balaban J connectivity index is 1.59. The molecule has 3 fully saturated rings. The van der Waals surface area contributed by atoms with Gasteiger partial charge in [-0.1, -0.05) is 18.9 Å². The monoisotopic (exact) mass is 362 g/mol. The number of likely N-dealkylation sites (tertiary alicyclic amines) is 1. The summed E-state index contributed by atoms with van der Waals surface area (Å²) >= 11 is 0. The molecule has 0 N–H and O–H groups in total. The molecule has 1 aromatic carbocycles. The van der Waals surface area contributed by atoms with Crippen molar-refractivity contribution in [3.05, 3.63) is 29.8 Å². The molecule has 0 aromatic heterocycles. The molecule has 4 rings (SSSR count). The van der Waals surface area contributed by atoms with Gasteiger partial charge in [-0.15, -0.1) is 0 Å². The lowest BCUT2D eigenvalue weighted by Crippen LogP contribution is -2.49. The number of rotatable bonds is 2. The second-order valence-corrected chi connectivity index (χ2v) is 9.56. The number of carbonyl (C=O) groups is 1. The second kappa shape index (κ2) is 6.63. The summed E-state index contributed by atoms with van der Waals surface area (Å²) in [5, 5.41) is 0. The van der Waals surface area contributed by atoms with Crippen LogP contribution in [0.4, 0.5) is 5.69 Å². The molecule has 0 bridgehead atoms. The number of nitrogens with zero attached hydrogens (tertiary/aromatic N) is 2.